The van der Waals surface area contributed by atoms with Gasteiger partial charge in [0, 0.05) is 30.9 Å². The third-order valence-corrected chi connectivity index (χ3v) is 4.92. The Bertz CT molecular complexity index is 717. The highest BCUT2D eigenvalue weighted by atomic mass is 16.5. The number of aryl methyl sites for hydroxylation is 1. The summed E-state index contributed by atoms with van der Waals surface area (Å²) < 4.78 is 7.57. The standard InChI is InChI=1S/C20H27N3O2/c1-15-14-22-19(23(15)17-7-3-4-8-17)10-11-21-20(24)13-16-6-5-9-18(12-16)25-2/h5-6,9,12,14,17H,3-4,7-8,10-11,13H2,1-2H3,(H,21,24). The molecular formula is C20H27N3O2. The van der Waals surface area contributed by atoms with Crippen molar-refractivity contribution in [1.82, 2.24) is 14.9 Å². The molecule has 0 atom stereocenters. The monoisotopic (exact) mass is 341 g/mol. The Morgan fingerprint density at radius 1 is 1.36 bits per heavy atom. The highest BCUT2D eigenvalue weighted by Crippen LogP contribution is 2.31. The molecule has 1 N–H and O–H groups in total. The Balaban J connectivity index is 1.52. The van der Waals surface area contributed by atoms with Crippen LogP contribution in [0.1, 0.15) is 48.8 Å². The lowest BCUT2D eigenvalue weighted by Crippen LogP contribution is -2.28. The molecule has 1 aliphatic rings. The van der Waals surface area contributed by atoms with Gasteiger partial charge in [0.2, 0.25) is 5.91 Å². The van der Waals surface area contributed by atoms with Gasteiger partial charge < -0.3 is 14.6 Å². The zero-order valence-electron chi connectivity index (χ0n) is 15.1. The Kier molecular flexibility index (Phi) is 5.74. The molecule has 0 saturated heterocycles. The van der Waals surface area contributed by atoms with Crippen molar-refractivity contribution in [2.75, 3.05) is 13.7 Å². The summed E-state index contributed by atoms with van der Waals surface area (Å²) in [6.45, 7) is 2.74. The summed E-state index contributed by atoms with van der Waals surface area (Å²) >= 11 is 0. The number of rotatable bonds is 7. The molecule has 0 radical (unpaired) electrons. The van der Waals surface area contributed by atoms with E-state index in [1.54, 1.807) is 7.11 Å². The molecule has 0 aliphatic heterocycles. The number of amides is 1. The Hall–Kier alpha value is -2.30. The summed E-state index contributed by atoms with van der Waals surface area (Å²) in [5, 5.41) is 3.01. The number of nitrogens with zero attached hydrogens (tertiary/aromatic N) is 2. The lowest BCUT2D eigenvalue weighted by molar-refractivity contribution is -0.120. The zero-order chi connectivity index (χ0) is 17.6. The molecule has 1 amide bonds. The summed E-state index contributed by atoms with van der Waals surface area (Å²) in [7, 11) is 1.63. The maximum absolute atomic E-state index is 12.2. The molecule has 1 fully saturated rings. The second kappa shape index (κ2) is 8.19. The maximum atomic E-state index is 12.2. The van der Waals surface area contributed by atoms with Gasteiger partial charge in [-0.05, 0) is 37.5 Å². The highest BCUT2D eigenvalue weighted by Gasteiger charge is 2.21. The number of nitrogens with one attached hydrogen (secondary N) is 1. The largest absolute Gasteiger partial charge is 0.497 e. The summed E-state index contributed by atoms with van der Waals surface area (Å²) in [5.74, 6) is 1.90. The van der Waals surface area contributed by atoms with Crippen LogP contribution in [0.5, 0.6) is 5.75 Å². The number of ether oxygens (including phenoxy) is 1. The first-order valence-corrected chi connectivity index (χ1v) is 9.09. The van der Waals surface area contributed by atoms with Crippen molar-refractivity contribution in [2.24, 2.45) is 0 Å². The number of methoxy groups -OCH3 is 1. The third-order valence-electron chi connectivity index (χ3n) is 4.92. The second-order valence-electron chi connectivity index (χ2n) is 6.75. The molecule has 25 heavy (non-hydrogen) atoms. The predicted molar refractivity (Wildman–Crippen MR) is 97.9 cm³/mol. The van der Waals surface area contributed by atoms with E-state index in [4.69, 9.17) is 4.74 Å². The van der Waals surface area contributed by atoms with Gasteiger partial charge in [0.15, 0.2) is 0 Å². The average Bonchev–Trinajstić information content (AvgIpc) is 3.24. The molecule has 5 nitrogen and oxygen atoms in total. The van der Waals surface area contributed by atoms with E-state index in [1.165, 1.54) is 31.4 Å². The summed E-state index contributed by atoms with van der Waals surface area (Å²) in [6, 6.07) is 8.22. The number of imidazole rings is 1. The fourth-order valence-corrected chi connectivity index (χ4v) is 3.69. The van der Waals surface area contributed by atoms with Crippen LogP contribution in [0.15, 0.2) is 30.5 Å². The van der Waals surface area contributed by atoms with Gasteiger partial charge in [0.05, 0.1) is 13.5 Å². The summed E-state index contributed by atoms with van der Waals surface area (Å²) in [4.78, 5) is 16.7. The van der Waals surface area contributed by atoms with E-state index in [0.29, 0.717) is 19.0 Å². The third kappa shape index (κ3) is 4.41. The van der Waals surface area contributed by atoms with Gasteiger partial charge in [0.1, 0.15) is 11.6 Å². The molecule has 3 rings (SSSR count). The van der Waals surface area contributed by atoms with Crippen molar-refractivity contribution in [3.63, 3.8) is 0 Å². The maximum Gasteiger partial charge on any atom is 0.224 e. The van der Waals surface area contributed by atoms with E-state index in [0.717, 1.165) is 23.6 Å². The Morgan fingerprint density at radius 3 is 2.92 bits per heavy atom. The van der Waals surface area contributed by atoms with Gasteiger partial charge in [-0.25, -0.2) is 4.98 Å². The van der Waals surface area contributed by atoms with E-state index >= 15 is 0 Å². The molecule has 2 aromatic rings. The molecule has 1 aromatic carbocycles. The van der Waals surface area contributed by atoms with Crippen molar-refractivity contribution in [1.29, 1.82) is 0 Å². The lowest BCUT2D eigenvalue weighted by Gasteiger charge is -2.17. The first-order valence-electron chi connectivity index (χ1n) is 9.09. The summed E-state index contributed by atoms with van der Waals surface area (Å²) in [6.07, 6.45) is 8.18. The van der Waals surface area contributed by atoms with Crippen molar-refractivity contribution >= 4 is 5.91 Å². The normalized spacial score (nSPS) is 14.6. The van der Waals surface area contributed by atoms with Gasteiger partial charge >= 0.3 is 0 Å². The molecule has 1 aromatic heterocycles. The zero-order valence-corrected chi connectivity index (χ0v) is 15.1. The highest BCUT2D eigenvalue weighted by molar-refractivity contribution is 5.78. The average molecular weight is 341 g/mol. The van der Waals surface area contributed by atoms with Gasteiger partial charge in [-0.15, -0.1) is 0 Å². The molecule has 1 saturated carbocycles. The van der Waals surface area contributed by atoms with Crippen LogP contribution in [0, 0.1) is 6.92 Å². The van der Waals surface area contributed by atoms with E-state index in [1.807, 2.05) is 30.5 Å². The Labute approximate surface area is 149 Å². The minimum Gasteiger partial charge on any atom is -0.497 e. The molecule has 1 aliphatic carbocycles. The summed E-state index contributed by atoms with van der Waals surface area (Å²) in [5.41, 5.74) is 2.18. The number of hydrogen-bond donors (Lipinski definition) is 1. The first-order chi connectivity index (χ1) is 12.2. The number of aromatic nitrogens is 2. The van der Waals surface area contributed by atoms with Crippen LogP contribution in [-0.2, 0) is 17.6 Å². The number of benzene rings is 1. The van der Waals surface area contributed by atoms with Crippen LogP contribution in [0.4, 0.5) is 0 Å². The quantitative estimate of drug-likeness (QED) is 0.841. The minimum absolute atomic E-state index is 0.0314. The SMILES string of the molecule is COc1cccc(CC(=O)NCCc2ncc(C)n2C2CCCC2)c1. The van der Waals surface area contributed by atoms with Gasteiger partial charge in [0.25, 0.3) is 0 Å². The smallest absolute Gasteiger partial charge is 0.224 e. The predicted octanol–water partition coefficient (Wildman–Crippen LogP) is 3.22. The van der Waals surface area contributed by atoms with Gasteiger partial charge in [-0.2, -0.15) is 0 Å². The minimum atomic E-state index is 0.0314. The van der Waals surface area contributed by atoms with Crippen LogP contribution in [0.25, 0.3) is 0 Å². The van der Waals surface area contributed by atoms with Crippen LogP contribution in [0.2, 0.25) is 0 Å². The molecule has 5 heteroatoms. The van der Waals surface area contributed by atoms with Crippen molar-refractivity contribution in [3.8, 4) is 5.75 Å². The van der Waals surface area contributed by atoms with Crippen LogP contribution < -0.4 is 10.1 Å². The fourth-order valence-electron chi connectivity index (χ4n) is 3.69. The van der Waals surface area contributed by atoms with Crippen LogP contribution in [0.3, 0.4) is 0 Å². The number of hydrogen-bond acceptors (Lipinski definition) is 3. The molecule has 0 unspecified atom stereocenters. The molecule has 1 heterocycles. The number of carbonyl (C=O) groups is 1. The second-order valence-corrected chi connectivity index (χ2v) is 6.75. The molecular weight excluding hydrogens is 314 g/mol. The van der Waals surface area contributed by atoms with E-state index in [2.05, 4.69) is 21.8 Å². The van der Waals surface area contributed by atoms with Crippen LogP contribution >= 0.6 is 0 Å². The topological polar surface area (TPSA) is 56.1 Å². The molecule has 134 valence electrons. The lowest BCUT2D eigenvalue weighted by atomic mass is 10.1. The van der Waals surface area contributed by atoms with Crippen molar-refractivity contribution in [3.05, 3.63) is 47.5 Å². The van der Waals surface area contributed by atoms with Crippen molar-refractivity contribution < 1.29 is 9.53 Å². The molecule has 0 spiro atoms. The fraction of sp³-hybridized carbons (Fsp3) is 0.500. The van der Waals surface area contributed by atoms with Gasteiger partial charge in [-0.3, -0.25) is 4.79 Å². The molecule has 0 bridgehead atoms. The Morgan fingerprint density at radius 2 is 2.16 bits per heavy atom. The first kappa shape index (κ1) is 17.5. The van der Waals surface area contributed by atoms with E-state index in [9.17, 15) is 4.79 Å². The van der Waals surface area contributed by atoms with Gasteiger partial charge in [-0.1, -0.05) is 25.0 Å². The van der Waals surface area contributed by atoms with Crippen LogP contribution in [-0.4, -0.2) is 29.1 Å². The van der Waals surface area contributed by atoms with Crippen molar-refractivity contribution in [2.45, 2.75) is 51.5 Å². The van der Waals surface area contributed by atoms with E-state index < -0.39 is 0 Å². The van der Waals surface area contributed by atoms with E-state index in [-0.39, 0.29) is 5.91 Å². The number of carbonyl (C=O) groups excluding carboxylic acids is 1.